The van der Waals surface area contributed by atoms with E-state index in [-0.39, 0.29) is 11.6 Å². The van der Waals surface area contributed by atoms with Crippen molar-refractivity contribution < 1.29 is 18.7 Å². The van der Waals surface area contributed by atoms with Crippen molar-refractivity contribution in [3.63, 3.8) is 0 Å². The maximum atomic E-state index is 12.9. The van der Waals surface area contributed by atoms with Crippen molar-refractivity contribution in [1.29, 1.82) is 0 Å². The summed E-state index contributed by atoms with van der Waals surface area (Å²) in [5.74, 6) is -0.736. The first-order valence-corrected chi connectivity index (χ1v) is 11.2. The maximum absolute atomic E-state index is 12.9. The van der Waals surface area contributed by atoms with Crippen LogP contribution in [0.3, 0.4) is 0 Å². The van der Waals surface area contributed by atoms with Gasteiger partial charge in [0.1, 0.15) is 11.9 Å². The number of nitrogens with zero attached hydrogens (tertiary/aromatic N) is 2. The summed E-state index contributed by atoms with van der Waals surface area (Å²) in [7, 11) is 1.31. The van der Waals surface area contributed by atoms with Crippen LogP contribution in [0.1, 0.15) is 40.3 Å². The van der Waals surface area contributed by atoms with Crippen LogP contribution in [0.25, 0.3) is 11.0 Å². The van der Waals surface area contributed by atoms with Crippen LogP contribution in [0.5, 0.6) is 0 Å². The SMILES string of the molecule is COC(=O)c1c(NC(=O)c2ccoc2)c2cc(NCc3ccc(Cl)cc3)cnc2n1CC(C)C. The number of nitrogens with one attached hydrogen (secondary N) is 2. The van der Waals surface area contributed by atoms with Crippen molar-refractivity contribution in [3.05, 3.63) is 77.0 Å². The number of carbonyl (C=O) groups is 2. The normalized spacial score (nSPS) is 11.1. The second-order valence-corrected chi connectivity index (χ2v) is 8.70. The Hall–Kier alpha value is -3.78. The minimum atomic E-state index is -0.559. The summed E-state index contributed by atoms with van der Waals surface area (Å²) in [6.45, 7) is 5.15. The molecule has 0 aliphatic rings. The summed E-state index contributed by atoms with van der Waals surface area (Å²) in [5.41, 5.74) is 3.28. The lowest BCUT2D eigenvalue weighted by molar-refractivity contribution is 0.0589. The van der Waals surface area contributed by atoms with E-state index in [1.165, 1.54) is 19.6 Å². The molecule has 4 aromatic rings. The van der Waals surface area contributed by atoms with Crippen LogP contribution in [0, 0.1) is 5.92 Å². The molecule has 34 heavy (non-hydrogen) atoms. The second kappa shape index (κ2) is 10.0. The van der Waals surface area contributed by atoms with Crippen molar-refractivity contribution in [2.45, 2.75) is 26.9 Å². The van der Waals surface area contributed by atoms with E-state index < -0.39 is 11.9 Å². The Bertz CT molecular complexity index is 1310. The summed E-state index contributed by atoms with van der Waals surface area (Å²) in [6, 6.07) is 11.0. The third kappa shape index (κ3) is 4.92. The van der Waals surface area contributed by atoms with Crippen LogP contribution in [-0.4, -0.2) is 28.5 Å². The number of rotatable bonds is 8. The van der Waals surface area contributed by atoms with Crippen LogP contribution >= 0.6 is 11.6 Å². The van der Waals surface area contributed by atoms with Gasteiger partial charge >= 0.3 is 5.97 Å². The molecule has 1 aromatic carbocycles. The van der Waals surface area contributed by atoms with Crippen molar-refractivity contribution in [1.82, 2.24) is 9.55 Å². The highest BCUT2D eigenvalue weighted by Gasteiger charge is 2.27. The van der Waals surface area contributed by atoms with Crippen molar-refractivity contribution >= 4 is 45.9 Å². The molecule has 176 valence electrons. The third-order valence-electron chi connectivity index (χ3n) is 5.26. The second-order valence-electron chi connectivity index (χ2n) is 8.26. The Morgan fingerprint density at radius 1 is 1.21 bits per heavy atom. The first kappa shape index (κ1) is 23.4. The Labute approximate surface area is 201 Å². The van der Waals surface area contributed by atoms with Gasteiger partial charge in [-0.2, -0.15) is 0 Å². The molecule has 0 atom stereocenters. The van der Waals surface area contributed by atoms with Gasteiger partial charge in [0.25, 0.3) is 5.91 Å². The lowest BCUT2D eigenvalue weighted by Crippen LogP contribution is -2.18. The molecule has 4 rings (SSSR count). The molecule has 3 heterocycles. The van der Waals surface area contributed by atoms with E-state index in [4.69, 9.17) is 20.8 Å². The first-order valence-electron chi connectivity index (χ1n) is 10.8. The van der Waals surface area contributed by atoms with E-state index in [2.05, 4.69) is 15.6 Å². The predicted molar refractivity (Wildman–Crippen MR) is 131 cm³/mol. The molecule has 0 bridgehead atoms. The number of halogens is 1. The average molecular weight is 481 g/mol. The third-order valence-corrected chi connectivity index (χ3v) is 5.51. The van der Waals surface area contributed by atoms with Gasteiger partial charge in [-0.25, -0.2) is 9.78 Å². The topological polar surface area (TPSA) is 98.4 Å². The Morgan fingerprint density at radius 2 is 1.97 bits per heavy atom. The number of carbonyl (C=O) groups excluding carboxylic acids is 2. The molecular formula is C25H25ClN4O4. The summed E-state index contributed by atoms with van der Waals surface area (Å²) in [6.07, 6.45) is 4.47. The molecule has 0 spiro atoms. The van der Waals surface area contributed by atoms with E-state index >= 15 is 0 Å². The fourth-order valence-corrected chi connectivity index (χ4v) is 3.81. The number of benzene rings is 1. The quantitative estimate of drug-likeness (QED) is 0.319. The molecule has 1 amide bonds. The number of fused-ring (bicyclic) bond motifs is 1. The molecule has 0 aliphatic heterocycles. The summed E-state index contributed by atoms with van der Waals surface area (Å²) in [5, 5.41) is 7.50. The van der Waals surface area contributed by atoms with Gasteiger partial charge in [0.15, 0.2) is 5.69 Å². The summed E-state index contributed by atoms with van der Waals surface area (Å²) < 4.78 is 11.9. The van der Waals surface area contributed by atoms with Crippen LogP contribution in [0.4, 0.5) is 11.4 Å². The Kier molecular flexibility index (Phi) is 6.88. The summed E-state index contributed by atoms with van der Waals surface area (Å²) in [4.78, 5) is 30.3. The van der Waals surface area contributed by atoms with Gasteiger partial charge in [-0.1, -0.05) is 37.6 Å². The number of furan rings is 1. The zero-order valence-electron chi connectivity index (χ0n) is 19.1. The molecule has 8 nitrogen and oxygen atoms in total. The van der Waals surface area contributed by atoms with E-state index in [9.17, 15) is 9.59 Å². The minimum absolute atomic E-state index is 0.223. The molecule has 0 saturated carbocycles. The lowest BCUT2D eigenvalue weighted by atomic mass is 10.2. The fraction of sp³-hybridized carbons (Fsp3) is 0.240. The van der Waals surface area contributed by atoms with Crippen molar-refractivity contribution in [3.8, 4) is 0 Å². The van der Waals surface area contributed by atoms with Crippen LogP contribution in [0.15, 0.2) is 59.5 Å². The van der Waals surface area contributed by atoms with Crippen molar-refractivity contribution in [2.75, 3.05) is 17.7 Å². The highest BCUT2D eigenvalue weighted by molar-refractivity contribution is 6.30. The van der Waals surface area contributed by atoms with E-state index in [1.807, 2.05) is 44.2 Å². The zero-order valence-corrected chi connectivity index (χ0v) is 19.8. The van der Waals surface area contributed by atoms with Gasteiger partial charge < -0.3 is 24.4 Å². The van der Waals surface area contributed by atoms with Crippen LogP contribution in [-0.2, 0) is 17.8 Å². The minimum Gasteiger partial charge on any atom is -0.472 e. The summed E-state index contributed by atoms with van der Waals surface area (Å²) >= 11 is 5.97. The van der Waals surface area contributed by atoms with Gasteiger partial charge in [-0.05, 0) is 35.7 Å². The zero-order chi connectivity index (χ0) is 24.2. The molecule has 0 fully saturated rings. The Morgan fingerprint density at radius 3 is 2.62 bits per heavy atom. The maximum Gasteiger partial charge on any atom is 0.356 e. The van der Waals surface area contributed by atoms with Gasteiger partial charge in [-0.15, -0.1) is 0 Å². The van der Waals surface area contributed by atoms with Crippen LogP contribution < -0.4 is 10.6 Å². The monoisotopic (exact) mass is 480 g/mol. The van der Waals surface area contributed by atoms with Gasteiger partial charge in [0.2, 0.25) is 0 Å². The molecule has 0 saturated heterocycles. The Balaban J connectivity index is 1.78. The smallest absolute Gasteiger partial charge is 0.356 e. The molecular weight excluding hydrogens is 456 g/mol. The number of amides is 1. The number of esters is 1. The highest BCUT2D eigenvalue weighted by atomic mass is 35.5. The van der Waals surface area contributed by atoms with E-state index in [1.54, 1.807) is 16.8 Å². The van der Waals surface area contributed by atoms with E-state index in [0.29, 0.717) is 40.4 Å². The number of aromatic nitrogens is 2. The molecule has 0 unspecified atom stereocenters. The van der Waals surface area contributed by atoms with E-state index in [0.717, 1.165) is 11.3 Å². The van der Waals surface area contributed by atoms with Crippen molar-refractivity contribution in [2.24, 2.45) is 5.92 Å². The number of anilines is 2. The number of hydrogen-bond acceptors (Lipinski definition) is 6. The van der Waals surface area contributed by atoms with Gasteiger partial charge in [0, 0.05) is 23.5 Å². The number of ether oxygens (including phenoxy) is 1. The molecule has 0 aliphatic carbocycles. The predicted octanol–water partition coefficient (Wildman–Crippen LogP) is 5.59. The number of hydrogen-bond donors (Lipinski definition) is 2. The first-order chi connectivity index (χ1) is 16.4. The number of methoxy groups -OCH3 is 1. The van der Waals surface area contributed by atoms with Crippen LogP contribution in [0.2, 0.25) is 5.02 Å². The standard InChI is InChI=1S/C25H25ClN4O4/c1-15(2)13-30-22(25(32)33-3)21(29-24(31)17-8-9-34-14-17)20-10-19(12-28-23(20)30)27-11-16-4-6-18(26)7-5-16/h4-10,12,14-15,27H,11,13H2,1-3H3,(H,29,31). The lowest BCUT2D eigenvalue weighted by Gasteiger charge is -2.12. The molecule has 2 N–H and O–H groups in total. The molecule has 3 aromatic heterocycles. The van der Waals surface area contributed by atoms with Gasteiger partial charge in [-0.3, -0.25) is 4.79 Å². The highest BCUT2D eigenvalue weighted by Crippen LogP contribution is 2.34. The van der Waals surface area contributed by atoms with Gasteiger partial charge in [0.05, 0.1) is 36.5 Å². The fourth-order valence-electron chi connectivity index (χ4n) is 3.69. The number of pyridine rings is 1. The molecule has 0 radical (unpaired) electrons. The average Bonchev–Trinajstić information content (AvgIpc) is 3.45. The largest absolute Gasteiger partial charge is 0.472 e. The molecule has 9 heteroatoms.